The van der Waals surface area contributed by atoms with E-state index < -0.39 is 0 Å². The van der Waals surface area contributed by atoms with Crippen LogP contribution >= 0.6 is 0 Å². The topological polar surface area (TPSA) is 125 Å². The number of nitrogens with zero attached hydrogens (tertiary/aromatic N) is 5. The van der Waals surface area contributed by atoms with Crippen molar-refractivity contribution in [2.75, 3.05) is 25.0 Å². The van der Waals surface area contributed by atoms with Crippen LogP contribution in [0.4, 0.5) is 10.6 Å². The number of likely N-dealkylation sites (tertiary alicyclic amines) is 1. The molecule has 4 aliphatic rings. The van der Waals surface area contributed by atoms with Crippen LogP contribution in [0, 0.1) is 5.92 Å². The molecule has 10 heteroatoms. The van der Waals surface area contributed by atoms with E-state index in [-0.39, 0.29) is 22.4 Å². The Morgan fingerprint density at radius 1 is 1.13 bits per heavy atom. The molecular formula is C29H33N8O2+. The highest BCUT2D eigenvalue weighted by molar-refractivity contribution is 6.05. The number of carbonyl (C=O) groups is 2. The van der Waals surface area contributed by atoms with Gasteiger partial charge in [-0.2, -0.15) is 10.8 Å². The molecular weight excluding hydrogens is 492 g/mol. The highest BCUT2D eigenvalue weighted by Gasteiger charge is 2.46. The van der Waals surface area contributed by atoms with Crippen LogP contribution in [0.5, 0.6) is 0 Å². The van der Waals surface area contributed by atoms with Crippen molar-refractivity contribution in [2.24, 2.45) is 21.7 Å². The third-order valence-electron chi connectivity index (χ3n) is 7.73. The lowest BCUT2D eigenvalue weighted by Crippen LogP contribution is -2.53. The molecule has 39 heavy (non-hydrogen) atoms. The zero-order chi connectivity index (χ0) is 27.0. The zero-order valence-electron chi connectivity index (χ0n) is 22.0. The lowest BCUT2D eigenvalue weighted by Gasteiger charge is -2.32. The van der Waals surface area contributed by atoms with Crippen LogP contribution in [-0.2, 0) is 0 Å². The summed E-state index contributed by atoms with van der Waals surface area (Å²) in [6, 6.07) is 11.2. The van der Waals surface area contributed by atoms with E-state index in [0.29, 0.717) is 36.2 Å². The number of hydrogen-bond acceptors (Lipinski definition) is 6. The van der Waals surface area contributed by atoms with Crippen molar-refractivity contribution in [3.63, 3.8) is 0 Å². The summed E-state index contributed by atoms with van der Waals surface area (Å²) in [7, 11) is 0. The van der Waals surface area contributed by atoms with Crippen LogP contribution in [0.2, 0.25) is 0 Å². The quantitative estimate of drug-likeness (QED) is 0.391. The molecule has 0 spiro atoms. The summed E-state index contributed by atoms with van der Waals surface area (Å²) >= 11 is 0. The second kappa shape index (κ2) is 10.2. The molecule has 0 radical (unpaired) electrons. The van der Waals surface area contributed by atoms with Crippen molar-refractivity contribution < 1.29 is 14.2 Å². The third-order valence-corrected chi connectivity index (χ3v) is 7.73. The molecule has 1 unspecified atom stereocenters. The summed E-state index contributed by atoms with van der Waals surface area (Å²) in [5, 5.41) is 5.81. The average molecular weight is 526 g/mol. The van der Waals surface area contributed by atoms with Gasteiger partial charge in [0.05, 0.1) is 18.0 Å². The van der Waals surface area contributed by atoms with Gasteiger partial charge in [0.25, 0.3) is 11.7 Å². The summed E-state index contributed by atoms with van der Waals surface area (Å²) in [5.41, 5.74) is 4.22. The summed E-state index contributed by atoms with van der Waals surface area (Å²) in [6.07, 6.45) is 11.2. The first kappa shape index (κ1) is 25.1. The number of fused-ring (bicyclic) bond motifs is 1. The largest absolute Gasteiger partial charge is 0.338 e. The maximum absolute atomic E-state index is 12.9. The van der Waals surface area contributed by atoms with Crippen molar-refractivity contribution in [1.29, 1.82) is 0 Å². The van der Waals surface area contributed by atoms with E-state index in [2.05, 4.69) is 20.6 Å². The first-order valence-corrected chi connectivity index (χ1v) is 13.6. The van der Waals surface area contributed by atoms with Crippen LogP contribution in [0.3, 0.4) is 0 Å². The van der Waals surface area contributed by atoms with E-state index in [1.807, 2.05) is 42.3 Å². The van der Waals surface area contributed by atoms with E-state index in [1.54, 1.807) is 30.7 Å². The van der Waals surface area contributed by atoms with Gasteiger partial charge < -0.3 is 15.5 Å². The Kier molecular flexibility index (Phi) is 6.58. The Bertz CT molecular complexity index is 1420. The zero-order valence-corrected chi connectivity index (χ0v) is 22.0. The monoisotopic (exact) mass is 525 g/mol. The number of anilines is 1. The van der Waals surface area contributed by atoms with Gasteiger partial charge in [-0.15, -0.1) is 4.59 Å². The Hall–Kier alpha value is -4.15. The molecule has 3 aliphatic heterocycles. The maximum atomic E-state index is 12.9. The number of piperidine rings is 1. The van der Waals surface area contributed by atoms with Gasteiger partial charge in [0.15, 0.2) is 0 Å². The lowest BCUT2D eigenvalue weighted by molar-refractivity contribution is -0.750. The number of quaternary nitrogens is 1. The van der Waals surface area contributed by atoms with Crippen LogP contribution in [0.1, 0.15) is 60.0 Å². The number of benzene rings is 1. The minimum atomic E-state index is -0.218. The van der Waals surface area contributed by atoms with Crippen molar-refractivity contribution in [2.45, 2.75) is 38.5 Å². The SMILES string of the molecule is CCNC(=O)N1CCC[C@@H](C2=C3C=NC=C[N+]3(N)C(c3ccc(C(=O)Nc4cc(C5CC5)ccn4)cc3)=N2)C1. The summed E-state index contributed by atoms with van der Waals surface area (Å²) in [4.78, 5) is 41.0. The van der Waals surface area contributed by atoms with Gasteiger partial charge in [-0.1, -0.05) is 0 Å². The van der Waals surface area contributed by atoms with Crippen LogP contribution in [-0.4, -0.2) is 58.1 Å². The van der Waals surface area contributed by atoms with Crippen molar-refractivity contribution in [3.05, 3.63) is 83.1 Å². The Morgan fingerprint density at radius 3 is 2.72 bits per heavy atom. The minimum Gasteiger partial charge on any atom is -0.338 e. The van der Waals surface area contributed by atoms with Crippen LogP contribution < -0.4 is 16.5 Å². The number of amidine groups is 1. The standard InChI is InChI=1S/C29H32N8O2/c1-2-32-29(39)36-14-3-4-23(18-36)26-24-17-31-13-15-37(24,30)27(35-26)20-7-9-21(10-8-20)28(38)34-25-16-22(11-12-33-25)19-5-6-19/h7-13,15-17,19,23H,2-6,14,18,30H2,1H3,(H-,32,33,34,38,39)/p+1/t23-,37?/m1/s1. The molecule has 6 rings (SSSR count). The number of carbonyl (C=O) groups excluding carboxylic acids is 2. The molecule has 3 amide bonds. The molecule has 0 bridgehead atoms. The Balaban J connectivity index is 1.23. The van der Waals surface area contributed by atoms with Crippen molar-refractivity contribution in [3.8, 4) is 0 Å². The summed E-state index contributed by atoms with van der Waals surface area (Å²) < 4.78 is -0.0973. The van der Waals surface area contributed by atoms with E-state index in [0.717, 1.165) is 36.3 Å². The Labute approximate surface area is 227 Å². The Morgan fingerprint density at radius 2 is 1.95 bits per heavy atom. The van der Waals surface area contributed by atoms with Crippen LogP contribution in [0.15, 0.2) is 76.4 Å². The fraction of sp³-hybridized carbons (Fsp3) is 0.345. The van der Waals surface area contributed by atoms with Gasteiger partial charge in [0, 0.05) is 37.3 Å². The normalized spacial score (nSPS) is 23.9. The molecule has 2 fully saturated rings. The molecule has 1 aromatic carbocycles. The number of allylic oxidation sites excluding steroid dienone is 1. The van der Waals surface area contributed by atoms with E-state index in [9.17, 15) is 9.59 Å². The number of nitrogens with two attached hydrogens (primary N) is 1. The highest BCUT2D eigenvalue weighted by atomic mass is 16.2. The van der Waals surface area contributed by atoms with Gasteiger partial charge in [0.1, 0.15) is 17.7 Å². The number of pyridine rings is 1. The lowest BCUT2D eigenvalue weighted by atomic mass is 9.94. The fourth-order valence-corrected chi connectivity index (χ4v) is 5.50. The molecule has 1 saturated carbocycles. The van der Waals surface area contributed by atoms with Gasteiger partial charge in [-0.25, -0.2) is 9.78 Å². The van der Waals surface area contributed by atoms with E-state index >= 15 is 0 Å². The van der Waals surface area contributed by atoms with Gasteiger partial charge in [-0.3, -0.25) is 9.79 Å². The third kappa shape index (κ3) is 4.88. The number of rotatable bonds is 6. The predicted molar refractivity (Wildman–Crippen MR) is 150 cm³/mol. The first-order chi connectivity index (χ1) is 19.0. The molecule has 10 nitrogen and oxygen atoms in total. The maximum Gasteiger partial charge on any atom is 0.317 e. The number of nitrogens with one attached hydrogen (secondary N) is 2. The van der Waals surface area contributed by atoms with E-state index in [1.165, 1.54) is 18.4 Å². The fourth-order valence-electron chi connectivity index (χ4n) is 5.50. The minimum absolute atomic E-state index is 0.0518. The number of hydrogen-bond donors (Lipinski definition) is 3. The molecule has 1 aromatic heterocycles. The number of urea groups is 1. The predicted octanol–water partition coefficient (Wildman–Crippen LogP) is 3.87. The summed E-state index contributed by atoms with van der Waals surface area (Å²) in [5.74, 6) is 8.55. The number of amides is 3. The molecule has 4 N–H and O–H groups in total. The highest BCUT2D eigenvalue weighted by Crippen LogP contribution is 2.40. The van der Waals surface area contributed by atoms with Crippen LogP contribution in [0.25, 0.3) is 0 Å². The van der Waals surface area contributed by atoms with Crippen molar-refractivity contribution in [1.82, 2.24) is 15.2 Å². The second-order valence-corrected chi connectivity index (χ2v) is 10.5. The smallest absolute Gasteiger partial charge is 0.317 e. The average Bonchev–Trinajstić information content (AvgIpc) is 3.76. The van der Waals surface area contributed by atoms with Gasteiger partial charge in [0.2, 0.25) is 5.70 Å². The molecule has 1 saturated heterocycles. The second-order valence-electron chi connectivity index (χ2n) is 10.5. The number of aromatic nitrogens is 1. The molecule has 1 aliphatic carbocycles. The van der Waals surface area contributed by atoms with Gasteiger partial charge in [-0.05, 0) is 80.5 Å². The van der Waals surface area contributed by atoms with E-state index in [4.69, 9.17) is 10.8 Å². The first-order valence-electron chi connectivity index (χ1n) is 13.6. The molecule has 4 heterocycles. The van der Waals surface area contributed by atoms with Crippen molar-refractivity contribution >= 4 is 29.8 Å². The number of aliphatic imine (C=N–C) groups is 2. The molecule has 2 aromatic rings. The summed E-state index contributed by atoms with van der Waals surface area (Å²) in [6.45, 7) is 3.81. The molecule has 200 valence electrons. The molecule has 2 atom stereocenters. The van der Waals surface area contributed by atoms with Gasteiger partial charge >= 0.3 is 6.03 Å².